The van der Waals surface area contributed by atoms with E-state index in [9.17, 15) is 9.18 Å². The minimum absolute atomic E-state index is 0.0327. The van der Waals surface area contributed by atoms with Crippen LogP contribution in [0, 0.1) is 12.7 Å². The van der Waals surface area contributed by atoms with Gasteiger partial charge in [0.15, 0.2) is 0 Å². The predicted octanol–water partition coefficient (Wildman–Crippen LogP) is 4.39. The van der Waals surface area contributed by atoms with Gasteiger partial charge in [-0.25, -0.2) is 4.39 Å². The molecule has 0 fully saturated rings. The van der Waals surface area contributed by atoms with Gasteiger partial charge in [-0.1, -0.05) is 17.7 Å². The van der Waals surface area contributed by atoms with Gasteiger partial charge in [-0.2, -0.15) is 5.10 Å². The molecule has 3 aromatic rings. The van der Waals surface area contributed by atoms with E-state index in [1.807, 2.05) is 23.6 Å². The molecule has 1 amide bonds. The third kappa shape index (κ3) is 3.12. The first-order chi connectivity index (χ1) is 13.0. The number of halogens is 2. The molecular formula is C21H19ClFN3O. The van der Waals surface area contributed by atoms with E-state index in [1.165, 1.54) is 12.1 Å². The van der Waals surface area contributed by atoms with Crippen molar-refractivity contribution in [3.63, 3.8) is 0 Å². The van der Waals surface area contributed by atoms with Gasteiger partial charge in [-0.05, 0) is 55.3 Å². The molecule has 0 radical (unpaired) electrons. The molecule has 138 valence electrons. The molecule has 0 N–H and O–H groups in total. The maximum atomic E-state index is 13.3. The molecule has 1 aliphatic rings. The third-order valence-corrected chi connectivity index (χ3v) is 5.51. The fourth-order valence-electron chi connectivity index (χ4n) is 3.67. The Morgan fingerprint density at radius 1 is 1.19 bits per heavy atom. The van der Waals surface area contributed by atoms with Crippen LogP contribution < -0.4 is 0 Å². The van der Waals surface area contributed by atoms with E-state index in [1.54, 1.807) is 30.3 Å². The summed E-state index contributed by atoms with van der Waals surface area (Å²) in [5.74, 6) is -0.293. The molecule has 1 aromatic heterocycles. The van der Waals surface area contributed by atoms with Gasteiger partial charge in [0.25, 0.3) is 5.91 Å². The molecular weight excluding hydrogens is 365 g/mol. The lowest BCUT2D eigenvalue weighted by Gasteiger charge is -2.27. The van der Waals surface area contributed by atoms with Crippen molar-refractivity contribution < 1.29 is 9.18 Å². The number of hydrogen-bond donors (Lipinski definition) is 0. The Morgan fingerprint density at radius 3 is 2.67 bits per heavy atom. The molecule has 0 bridgehead atoms. The van der Waals surface area contributed by atoms with E-state index in [4.69, 9.17) is 11.6 Å². The SMILES string of the molecule is Cc1c(Cl)cccc1C(=O)N1CCc2c(nn(C)c2-c2ccc(F)cc2)C1. The van der Waals surface area contributed by atoms with Gasteiger partial charge < -0.3 is 4.90 Å². The van der Waals surface area contributed by atoms with E-state index in [-0.39, 0.29) is 11.7 Å². The summed E-state index contributed by atoms with van der Waals surface area (Å²) < 4.78 is 15.1. The van der Waals surface area contributed by atoms with Gasteiger partial charge in [0.05, 0.1) is 17.9 Å². The minimum Gasteiger partial charge on any atom is -0.332 e. The highest BCUT2D eigenvalue weighted by Crippen LogP contribution is 2.31. The van der Waals surface area contributed by atoms with Crippen LogP contribution in [0.3, 0.4) is 0 Å². The molecule has 0 saturated carbocycles. The van der Waals surface area contributed by atoms with Crippen molar-refractivity contribution in [1.29, 1.82) is 0 Å². The summed E-state index contributed by atoms with van der Waals surface area (Å²) in [6, 6.07) is 11.8. The van der Waals surface area contributed by atoms with E-state index in [0.717, 1.165) is 28.1 Å². The molecule has 0 atom stereocenters. The van der Waals surface area contributed by atoms with Crippen LogP contribution in [0.1, 0.15) is 27.2 Å². The van der Waals surface area contributed by atoms with Gasteiger partial charge in [0.2, 0.25) is 0 Å². The second kappa shape index (κ2) is 6.82. The molecule has 2 aromatic carbocycles. The first-order valence-corrected chi connectivity index (χ1v) is 9.18. The lowest BCUT2D eigenvalue weighted by Crippen LogP contribution is -2.36. The number of hydrogen-bond acceptors (Lipinski definition) is 2. The quantitative estimate of drug-likeness (QED) is 0.658. The van der Waals surface area contributed by atoms with Crippen molar-refractivity contribution in [3.05, 3.63) is 75.7 Å². The maximum absolute atomic E-state index is 13.3. The summed E-state index contributed by atoms with van der Waals surface area (Å²) in [5, 5.41) is 5.21. The Hall–Kier alpha value is -2.66. The largest absolute Gasteiger partial charge is 0.332 e. The monoisotopic (exact) mass is 383 g/mol. The highest BCUT2D eigenvalue weighted by molar-refractivity contribution is 6.31. The Bertz CT molecular complexity index is 1030. The van der Waals surface area contributed by atoms with Gasteiger partial charge in [-0.15, -0.1) is 0 Å². The second-order valence-corrected chi connectivity index (χ2v) is 7.20. The van der Waals surface area contributed by atoms with E-state index in [0.29, 0.717) is 30.1 Å². The molecule has 0 unspecified atom stereocenters. The minimum atomic E-state index is -0.261. The van der Waals surface area contributed by atoms with Crippen molar-refractivity contribution in [2.45, 2.75) is 19.9 Å². The zero-order chi connectivity index (χ0) is 19.1. The number of nitrogens with zero attached hydrogens (tertiary/aromatic N) is 3. The van der Waals surface area contributed by atoms with Crippen LogP contribution in [-0.2, 0) is 20.0 Å². The van der Waals surface area contributed by atoms with Crippen LogP contribution >= 0.6 is 11.6 Å². The first kappa shape index (κ1) is 17.7. The molecule has 2 heterocycles. The summed E-state index contributed by atoms with van der Waals surface area (Å²) in [4.78, 5) is 14.8. The van der Waals surface area contributed by atoms with Crippen molar-refractivity contribution in [3.8, 4) is 11.3 Å². The fourth-order valence-corrected chi connectivity index (χ4v) is 3.85. The molecule has 27 heavy (non-hydrogen) atoms. The van der Waals surface area contributed by atoms with Gasteiger partial charge in [0.1, 0.15) is 5.82 Å². The summed E-state index contributed by atoms with van der Waals surface area (Å²) in [6.07, 6.45) is 0.710. The van der Waals surface area contributed by atoms with Crippen molar-refractivity contribution >= 4 is 17.5 Å². The lowest BCUT2D eigenvalue weighted by molar-refractivity contribution is 0.0731. The smallest absolute Gasteiger partial charge is 0.254 e. The number of carbonyl (C=O) groups is 1. The van der Waals surface area contributed by atoms with Gasteiger partial charge >= 0.3 is 0 Å². The summed E-state index contributed by atoms with van der Waals surface area (Å²) in [7, 11) is 1.88. The second-order valence-electron chi connectivity index (χ2n) is 6.79. The topological polar surface area (TPSA) is 38.1 Å². The van der Waals surface area contributed by atoms with Crippen LogP contribution in [-0.4, -0.2) is 27.1 Å². The standard InChI is InChI=1S/C21H19ClFN3O/c1-13-16(4-3-5-18(13)22)21(27)26-11-10-17-19(12-26)24-25(2)20(17)14-6-8-15(23)9-7-14/h3-9H,10-12H2,1-2H3. The average Bonchev–Trinajstić information content (AvgIpc) is 2.99. The number of carbonyl (C=O) groups excluding carboxylic acids is 1. The van der Waals surface area contributed by atoms with Crippen LogP contribution in [0.2, 0.25) is 5.02 Å². The molecule has 1 aliphatic heterocycles. The predicted molar refractivity (Wildman–Crippen MR) is 103 cm³/mol. The van der Waals surface area contributed by atoms with E-state index < -0.39 is 0 Å². The zero-order valence-electron chi connectivity index (χ0n) is 15.2. The number of amides is 1. The van der Waals surface area contributed by atoms with E-state index >= 15 is 0 Å². The third-order valence-electron chi connectivity index (χ3n) is 5.10. The van der Waals surface area contributed by atoms with E-state index in [2.05, 4.69) is 5.10 Å². The highest BCUT2D eigenvalue weighted by atomic mass is 35.5. The number of benzene rings is 2. The molecule has 4 rings (SSSR count). The number of rotatable bonds is 2. The van der Waals surface area contributed by atoms with Crippen LogP contribution in [0.4, 0.5) is 4.39 Å². The summed E-state index contributed by atoms with van der Waals surface area (Å²) in [6.45, 7) is 2.92. The summed E-state index contributed by atoms with van der Waals surface area (Å²) in [5.41, 5.74) is 5.34. The molecule has 4 nitrogen and oxygen atoms in total. The zero-order valence-corrected chi connectivity index (χ0v) is 15.9. The van der Waals surface area contributed by atoms with Crippen molar-refractivity contribution in [1.82, 2.24) is 14.7 Å². The Balaban J connectivity index is 1.65. The molecule has 0 aliphatic carbocycles. The molecule has 0 spiro atoms. The number of aryl methyl sites for hydroxylation is 1. The number of fused-ring (bicyclic) bond motifs is 1. The Kier molecular flexibility index (Phi) is 4.48. The highest BCUT2D eigenvalue weighted by Gasteiger charge is 2.28. The summed E-state index contributed by atoms with van der Waals surface area (Å²) >= 11 is 6.17. The normalized spacial score (nSPS) is 13.6. The average molecular weight is 384 g/mol. The van der Waals surface area contributed by atoms with Gasteiger partial charge in [0, 0.05) is 35.3 Å². The Labute approximate surface area is 162 Å². The van der Waals surface area contributed by atoms with Crippen LogP contribution in [0.15, 0.2) is 42.5 Å². The first-order valence-electron chi connectivity index (χ1n) is 8.81. The Morgan fingerprint density at radius 2 is 1.93 bits per heavy atom. The molecule has 0 saturated heterocycles. The van der Waals surface area contributed by atoms with Crippen LogP contribution in [0.25, 0.3) is 11.3 Å². The van der Waals surface area contributed by atoms with Crippen molar-refractivity contribution in [2.75, 3.05) is 6.54 Å². The molecule has 6 heteroatoms. The van der Waals surface area contributed by atoms with Crippen molar-refractivity contribution in [2.24, 2.45) is 7.05 Å². The van der Waals surface area contributed by atoms with Gasteiger partial charge in [-0.3, -0.25) is 9.48 Å². The maximum Gasteiger partial charge on any atom is 0.254 e. The lowest BCUT2D eigenvalue weighted by atomic mass is 9.99. The fraction of sp³-hybridized carbons (Fsp3) is 0.238. The number of aromatic nitrogens is 2. The van der Waals surface area contributed by atoms with Crippen LogP contribution in [0.5, 0.6) is 0 Å².